The zero-order valence-corrected chi connectivity index (χ0v) is 17.4. The molecule has 0 radical (unpaired) electrons. The number of benzene rings is 2. The van der Waals surface area contributed by atoms with Crippen molar-refractivity contribution >= 4 is 29.3 Å². The van der Waals surface area contributed by atoms with Crippen LogP contribution in [0.2, 0.25) is 0 Å². The van der Waals surface area contributed by atoms with E-state index in [4.69, 9.17) is 4.74 Å². The molecule has 2 aromatic carbocycles. The van der Waals surface area contributed by atoms with Crippen LogP contribution in [0.25, 0.3) is 0 Å². The summed E-state index contributed by atoms with van der Waals surface area (Å²) in [7, 11) is 1.51. The molecule has 1 atom stereocenters. The lowest BCUT2D eigenvalue weighted by atomic mass is 10.0. The molecule has 0 fully saturated rings. The number of ether oxygens (including phenoxy) is 1. The van der Waals surface area contributed by atoms with Crippen LogP contribution in [-0.2, 0) is 4.79 Å². The fourth-order valence-electron chi connectivity index (χ4n) is 3.82. The summed E-state index contributed by atoms with van der Waals surface area (Å²) in [4.78, 5) is 53.6. The number of nitrogens with one attached hydrogen (secondary N) is 1. The molecule has 8 heteroatoms. The number of hydrogen-bond donors (Lipinski definition) is 1. The highest BCUT2D eigenvalue weighted by Crippen LogP contribution is 2.34. The van der Waals surface area contributed by atoms with E-state index < -0.39 is 6.10 Å². The Morgan fingerprint density at radius 2 is 1.84 bits per heavy atom. The molecule has 31 heavy (non-hydrogen) atoms. The lowest BCUT2D eigenvalue weighted by molar-refractivity contribution is -0.127. The van der Waals surface area contributed by atoms with E-state index in [1.54, 1.807) is 30.3 Å². The number of imide groups is 1. The topological polar surface area (TPSA) is 96.0 Å². The third kappa shape index (κ3) is 3.54. The normalized spacial score (nSPS) is 17.2. The van der Waals surface area contributed by atoms with Crippen molar-refractivity contribution in [3.63, 3.8) is 0 Å². The van der Waals surface area contributed by atoms with Crippen LogP contribution in [0, 0.1) is 0 Å². The summed E-state index contributed by atoms with van der Waals surface area (Å²) >= 11 is 0. The summed E-state index contributed by atoms with van der Waals surface area (Å²) in [6.45, 7) is 2.38. The van der Waals surface area contributed by atoms with Crippen molar-refractivity contribution < 1.29 is 23.9 Å². The molecule has 0 saturated carbocycles. The van der Waals surface area contributed by atoms with Gasteiger partial charge in [-0.2, -0.15) is 0 Å². The maximum absolute atomic E-state index is 13.4. The van der Waals surface area contributed by atoms with Crippen LogP contribution < -0.4 is 15.0 Å². The lowest BCUT2D eigenvalue weighted by Crippen LogP contribution is -2.50. The first-order chi connectivity index (χ1) is 15.0. The minimum atomic E-state index is -0.856. The molecule has 0 aromatic heterocycles. The number of carbonyl (C=O) groups is 4. The van der Waals surface area contributed by atoms with E-state index in [1.165, 1.54) is 29.0 Å². The van der Waals surface area contributed by atoms with Crippen LogP contribution in [-0.4, -0.2) is 54.8 Å². The van der Waals surface area contributed by atoms with Crippen LogP contribution in [0.5, 0.6) is 5.75 Å². The molecule has 2 aromatic rings. The van der Waals surface area contributed by atoms with E-state index >= 15 is 0 Å². The smallest absolute Gasteiger partial charge is 0.262 e. The Kier molecular flexibility index (Phi) is 5.46. The summed E-state index contributed by atoms with van der Waals surface area (Å²) in [6, 6.07) is 11.5. The van der Waals surface area contributed by atoms with Gasteiger partial charge in [0, 0.05) is 19.2 Å². The molecule has 0 bridgehead atoms. The van der Waals surface area contributed by atoms with Crippen molar-refractivity contribution in [1.29, 1.82) is 0 Å². The Balaban J connectivity index is 1.67. The second-order valence-corrected chi connectivity index (χ2v) is 7.48. The molecule has 2 aliphatic heterocycles. The number of carbonyl (C=O) groups excluding carboxylic acids is 4. The molecule has 0 saturated heterocycles. The van der Waals surface area contributed by atoms with Crippen molar-refractivity contribution in [2.45, 2.75) is 25.9 Å². The second kappa shape index (κ2) is 8.22. The van der Waals surface area contributed by atoms with Crippen molar-refractivity contribution in [1.82, 2.24) is 10.2 Å². The molecule has 1 N–H and O–H groups in total. The van der Waals surface area contributed by atoms with Crippen molar-refractivity contribution in [2.75, 3.05) is 25.0 Å². The zero-order chi connectivity index (χ0) is 22.1. The molecule has 2 heterocycles. The van der Waals surface area contributed by atoms with Crippen molar-refractivity contribution in [3.8, 4) is 5.75 Å². The predicted molar refractivity (Wildman–Crippen MR) is 113 cm³/mol. The van der Waals surface area contributed by atoms with Gasteiger partial charge >= 0.3 is 0 Å². The quantitative estimate of drug-likeness (QED) is 0.747. The van der Waals surface area contributed by atoms with Crippen LogP contribution in [0.1, 0.15) is 50.8 Å². The van der Waals surface area contributed by atoms with Gasteiger partial charge in [0.15, 0.2) is 6.10 Å². The Hall–Kier alpha value is -3.68. The monoisotopic (exact) mass is 421 g/mol. The SMILES string of the molecule is CCCCN1C(=O)c2ccc(C(=O)N3CC(C(=O)NC)Oc4ccccc43)cc2C1=O. The average Bonchev–Trinajstić information content (AvgIpc) is 3.04. The number of nitrogens with zero attached hydrogens (tertiary/aromatic N) is 2. The number of para-hydroxylation sites is 2. The first kappa shape index (κ1) is 20.6. The Morgan fingerprint density at radius 3 is 2.58 bits per heavy atom. The fraction of sp³-hybridized carbons (Fsp3) is 0.304. The third-order valence-corrected chi connectivity index (χ3v) is 5.51. The summed E-state index contributed by atoms with van der Waals surface area (Å²) in [6.07, 6.45) is 0.731. The van der Waals surface area contributed by atoms with Crippen molar-refractivity contribution in [2.24, 2.45) is 0 Å². The van der Waals surface area contributed by atoms with E-state index in [1.807, 2.05) is 6.92 Å². The van der Waals surface area contributed by atoms with Gasteiger partial charge in [0.05, 0.1) is 23.4 Å². The van der Waals surface area contributed by atoms with Gasteiger partial charge < -0.3 is 15.0 Å². The lowest BCUT2D eigenvalue weighted by Gasteiger charge is -2.34. The standard InChI is InChI=1S/C23H23N3O5/c1-3-4-11-25-22(29)15-10-9-14(12-16(15)23(25)30)21(28)26-13-19(20(27)24-2)31-18-8-6-5-7-17(18)26/h5-10,12,19H,3-4,11,13H2,1-2H3,(H,24,27). The number of fused-ring (bicyclic) bond motifs is 2. The summed E-state index contributed by atoms with van der Waals surface area (Å²) in [5.41, 5.74) is 1.35. The van der Waals surface area contributed by atoms with Crippen LogP contribution in [0.3, 0.4) is 0 Å². The number of hydrogen-bond acceptors (Lipinski definition) is 5. The van der Waals surface area contributed by atoms with Crippen LogP contribution >= 0.6 is 0 Å². The molecule has 0 spiro atoms. The molecule has 0 aliphatic carbocycles. The largest absolute Gasteiger partial charge is 0.477 e. The molecule has 8 nitrogen and oxygen atoms in total. The fourth-order valence-corrected chi connectivity index (χ4v) is 3.82. The maximum Gasteiger partial charge on any atom is 0.262 e. The molecule has 4 amide bonds. The number of likely N-dealkylation sites (N-methyl/N-ethyl adjacent to an activating group) is 1. The number of amides is 4. The van der Waals surface area contributed by atoms with Crippen molar-refractivity contribution in [3.05, 3.63) is 59.2 Å². The van der Waals surface area contributed by atoms with Gasteiger partial charge in [0.1, 0.15) is 5.75 Å². The van der Waals surface area contributed by atoms with Gasteiger partial charge in [0.25, 0.3) is 23.6 Å². The zero-order valence-electron chi connectivity index (χ0n) is 17.4. The Morgan fingerprint density at radius 1 is 1.10 bits per heavy atom. The molecular weight excluding hydrogens is 398 g/mol. The molecule has 160 valence electrons. The minimum absolute atomic E-state index is 0.0299. The van der Waals surface area contributed by atoms with E-state index in [9.17, 15) is 19.2 Å². The average molecular weight is 421 g/mol. The maximum atomic E-state index is 13.4. The van der Waals surface area contributed by atoms with Gasteiger partial charge in [-0.05, 0) is 36.8 Å². The summed E-state index contributed by atoms with van der Waals surface area (Å²) < 4.78 is 5.75. The third-order valence-electron chi connectivity index (χ3n) is 5.51. The highest BCUT2D eigenvalue weighted by atomic mass is 16.5. The van der Waals surface area contributed by atoms with Gasteiger partial charge in [-0.15, -0.1) is 0 Å². The van der Waals surface area contributed by atoms with Crippen LogP contribution in [0.15, 0.2) is 42.5 Å². The van der Waals surface area contributed by atoms with E-state index in [2.05, 4.69) is 5.32 Å². The molecule has 1 unspecified atom stereocenters. The van der Waals surface area contributed by atoms with E-state index in [0.29, 0.717) is 23.5 Å². The molecular formula is C23H23N3O5. The van der Waals surface area contributed by atoms with E-state index in [-0.39, 0.29) is 41.3 Å². The van der Waals surface area contributed by atoms with Crippen LogP contribution in [0.4, 0.5) is 5.69 Å². The number of anilines is 1. The summed E-state index contributed by atoms with van der Waals surface area (Å²) in [5, 5.41) is 2.54. The number of rotatable bonds is 5. The second-order valence-electron chi connectivity index (χ2n) is 7.48. The Bertz CT molecular complexity index is 1080. The molecule has 4 rings (SSSR count). The molecule has 2 aliphatic rings. The highest BCUT2D eigenvalue weighted by Gasteiger charge is 2.37. The minimum Gasteiger partial charge on any atom is -0.477 e. The van der Waals surface area contributed by atoms with Gasteiger partial charge in [-0.25, -0.2) is 0 Å². The van der Waals surface area contributed by atoms with Gasteiger partial charge in [-0.1, -0.05) is 25.5 Å². The first-order valence-electron chi connectivity index (χ1n) is 10.3. The van der Waals surface area contributed by atoms with E-state index in [0.717, 1.165) is 12.8 Å². The van der Waals surface area contributed by atoms with Gasteiger partial charge in [0.2, 0.25) is 0 Å². The summed E-state index contributed by atoms with van der Waals surface area (Å²) in [5.74, 6) is -1.00. The highest BCUT2D eigenvalue weighted by molar-refractivity contribution is 6.22. The first-order valence-corrected chi connectivity index (χ1v) is 10.3. The predicted octanol–water partition coefficient (Wildman–Crippen LogP) is 2.24. The van der Waals surface area contributed by atoms with Gasteiger partial charge in [-0.3, -0.25) is 24.1 Å². The number of unbranched alkanes of at least 4 members (excludes halogenated alkanes) is 1. The Labute approximate surface area is 179 Å².